The third-order valence-electron chi connectivity index (χ3n) is 3.56. The van der Waals surface area contributed by atoms with Gasteiger partial charge >= 0.3 is 0 Å². The number of anilines is 2. The molecule has 2 nitrogen and oxygen atoms in total. The number of benzene rings is 1. The lowest BCUT2D eigenvalue weighted by Crippen LogP contribution is -2.19. The predicted octanol–water partition coefficient (Wildman–Crippen LogP) is 3.30. The van der Waals surface area contributed by atoms with E-state index in [2.05, 4.69) is 22.3 Å². The molecule has 3 heteroatoms. The average molecular weight is 237 g/mol. The highest BCUT2D eigenvalue weighted by molar-refractivity contribution is 6.33. The van der Waals surface area contributed by atoms with Crippen LogP contribution in [0.1, 0.15) is 24.8 Å². The number of aryl methyl sites for hydroxylation is 1. The van der Waals surface area contributed by atoms with Crippen molar-refractivity contribution in [2.45, 2.75) is 25.7 Å². The van der Waals surface area contributed by atoms with Crippen molar-refractivity contribution in [3.05, 3.63) is 22.7 Å². The largest absolute Gasteiger partial charge is 0.385 e. The van der Waals surface area contributed by atoms with Gasteiger partial charge in [0.25, 0.3) is 0 Å². The summed E-state index contributed by atoms with van der Waals surface area (Å²) in [5, 5.41) is 4.32. The number of nitrogens with zero attached hydrogens (tertiary/aromatic N) is 1. The number of halogens is 1. The molecular weight excluding hydrogens is 220 g/mol. The van der Waals surface area contributed by atoms with E-state index in [4.69, 9.17) is 11.6 Å². The number of hydrogen-bond donors (Lipinski definition) is 1. The van der Waals surface area contributed by atoms with Crippen LogP contribution in [0.2, 0.25) is 5.02 Å². The van der Waals surface area contributed by atoms with E-state index in [-0.39, 0.29) is 0 Å². The molecule has 0 atom stereocenters. The van der Waals surface area contributed by atoms with Gasteiger partial charge in [-0.25, -0.2) is 0 Å². The molecule has 0 aliphatic carbocycles. The van der Waals surface area contributed by atoms with E-state index >= 15 is 0 Å². The van der Waals surface area contributed by atoms with Crippen molar-refractivity contribution in [3.63, 3.8) is 0 Å². The van der Waals surface area contributed by atoms with Crippen LogP contribution in [0.15, 0.2) is 12.1 Å². The van der Waals surface area contributed by atoms with Crippen molar-refractivity contribution in [3.8, 4) is 0 Å². The van der Waals surface area contributed by atoms with E-state index < -0.39 is 0 Å². The highest BCUT2D eigenvalue weighted by Crippen LogP contribution is 2.35. The van der Waals surface area contributed by atoms with Gasteiger partial charge in [-0.05, 0) is 43.4 Å². The van der Waals surface area contributed by atoms with Crippen LogP contribution < -0.4 is 10.2 Å². The van der Waals surface area contributed by atoms with Gasteiger partial charge in [0, 0.05) is 25.3 Å². The molecule has 0 radical (unpaired) electrons. The minimum Gasteiger partial charge on any atom is -0.385 e. The Hall–Kier alpha value is -0.890. The normalized spacial score (nSPS) is 19.4. The second-order valence-corrected chi connectivity index (χ2v) is 5.09. The molecule has 86 valence electrons. The molecule has 0 amide bonds. The fourth-order valence-corrected chi connectivity index (χ4v) is 2.96. The molecule has 1 aromatic carbocycles. The van der Waals surface area contributed by atoms with Crippen LogP contribution in [0.3, 0.4) is 0 Å². The zero-order valence-electron chi connectivity index (χ0n) is 9.43. The Balaban J connectivity index is 1.98. The van der Waals surface area contributed by atoms with Crippen molar-refractivity contribution in [1.29, 1.82) is 0 Å². The molecule has 0 saturated carbocycles. The number of rotatable bonds is 1. The first-order chi connectivity index (χ1) is 7.84. The summed E-state index contributed by atoms with van der Waals surface area (Å²) >= 11 is 6.36. The Labute approximate surface area is 102 Å². The van der Waals surface area contributed by atoms with Crippen molar-refractivity contribution in [1.82, 2.24) is 0 Å². The molecule has 1 saturated heterocycles. The second kappa shape index (κ2) is 4.17. The molecule has 1 fully saturated rings. The van der Waals surface area contributed by atoms with Gasteiger partial charge in [-0.2, -0.15) is 0 Å². The molecule has 2 heterocycles. The zero-order valence-corrected chi connectivity index (χ0v) is 10.2. The molecule has 2 aliphatic heterocycles. The van der Waals surface area contributed by atoms with Gasteiger partial charge in [0.1, 0.15) is 0 Å². The maximum Gasteiger partial charge on any atom is 0.0660 e. The van der Waals surface area contributed by atoms with Crippen LogP contribution in [-0.4, -0.2) is 19.6 Å². The summed E-state index contributed by atoms with van der Waals surface area (Å²) in [5.41, 5.74) is 3.90. The van der Waals surface area contributed by atoms with E-state index in [9.17, 15) is 0 Å². The van der Waals surface area contributed by atoms with Gasteiger partial charge in [0.15, 0.2) is 0 Å². The zero-order chi connectivity index (χ0) is 11.0. The monoisotopic (exact) mass is 236 g/mol. The average Bonchev–Trinajstić information content (AvgIpc) is 2.81. The molecule has 0 unspecified atom stereocenters. The number of hydrogen-bond acceptors (Lipinski definition) is 2. The summed E-state index contributed by atoms with van der Waals surface area (Å²) in [4.78, 5) is 2.41. The summed E-state index contributed by atoms with van der Waals surface area (Å²) in [6.07, 6.45) is 5.01. The Morgan fingerprint density at radius 3 is 2.75 bits per heavy atom. The van der Waals surface area contributed by atoms with Crippen molar-refractivity contribution < 1.29 is 0 Å². The van der Waals surface area contributed by atoms with Crippen LogP contribution in [-0.2, 0) is 6.42 Å². The van der Waals surface area contributed by atoms with Gasteiger partial charge in [0.2, 0.25) is 0 Å². The lowest BCUT2D eigenvalue weighted by molar-refractivity contribution is 0.828. The van der Waals surface area contributed by atoms with E-state index in [0.717, 1.165) is 24.7 Å². The summed E-state index contributed by atoms with van der Waals surface area (Å²) in [6.45, 7) is 3.39. The highest BCUT2D eigenvalue weighted by Gasteiger charge is 2.18. The van der Waals surface area contributed by atoms with Crippen molar-refractivity contribution in [2.24, 2.45) is 0 Å². The Morgan fingerprint density at radius 2 is 1.94 bits per heavy atom. The van der Waals surface area contributed by atoms with Gasteiger partial charge < -0.3 is 10.2 Å². The predicted molar refractivity (Wildman–Crippen MR) is 69.7 cm³/mol. The van der Waals surface area contributed by atoms with E-state index in [1.807, 2.05) is 0 Å². The Kier molecular flexibility index (Phi) is 2.68. The summed E-state index contributed by atoms with van der Waals surface area (Å²) in [7, 11) is 0. The first-order valence-electron chi connectivity index (χ1n) is 6.16. The summed E-state index contributed by atoms with van der Waals surface area (Å²) in [6, 6.07) is 4.39. The van der Waals surface area contributed by atoms with E-state index in [0.29, 0.717) is 0 Å². The molecule has 2 aliphatic rings. The SMILES string of the molecule is Clc1cc2c(cc1N1CCCC1)CCCN2. The molecule has 16 heavy (non-hydrogen) atoms. The van der Waals surface area contributed by atoms with Crippen LogP contribution in [0.4, 0.5) is 11.4 Å². The van der Waals surface area contributed by atoms with Gasteiger partial charge in [-0.1, -0.05) is 11.6 Å². The lowest BCUT2D eigenvalue weighted by atomic mass is 10.0. The first kappa shape index (κ1) is 10.3. The molecule has 0 bridgehead atoms. The summed E-state index contributed by atoms with van der Waals surface area (Å²) < 4.78 is 0. The van der Waals surface area contributed by atoms with Crippen molar-refractivity contribution >= 4 is 23.0 Å². The fraction of sp³-hybridized carbons (Fsp3) is 0.538. The second-order valence-electron chi connectivity index (χ2n) is 4.69. The molecule has 0 spiro atoms. The maximum atomic E-state index is 6.36. The molecule has 0 aromatic heterocycles. The minimum absolute atomic E-state index is 0.898. The van der Waals surface area contributed by atoms with Crippen molar-refractivity contribution in [2.75, 3.05) is 29.9 Å². The van der Waals surface area contributed by atoms with Gasteiger partial charge in [0.05, 0.1) is 10.7 Å². The highest BCUT2D eigenvalue weighted by atomic mass is 35.5. The van der Waals surface area contributed by atoms with Crippen LogP contribution >= 0.6 is 11.6 Å². The Bertz CT molecular complexity index is 397. The number of nitrogens with one attached hydrogen (secondary N) is 1. The maximum absolute atomic E-state index is 6.36. The lowest BCUT2D eigenvalue weighted by Gasteiger charge is -2.24. The third-order valence-corrected chi connectivity index (χ3v) is 3.86. The molecule has 1 N–H and O–H groups in total. The molecular formula is C13H17ClN2. The van der Waals surface area contributed by atoms with E-state index in [1.54, 1.807) is 0 Å². The molecule has 1 aromatic rings. The third kappa shape index (κ3) is 1.75. The van der Waals surface area contributed by atoms with Crippen LogP contribution in [0.5, 0.6) is 0 Å². The molecule has 3 rings (SSSR count). The Morgan fingerprint density at radius 1 is 1.12 bits per heavy atom. The quantitative estimate of drug-likeness (QED) is 0.805. The van der Waals surface area contributed by atoms with Crippen LogP contribution in [0.25, 0.3) is 0 Å². The van der Waals surface area contributed by atoms with Crippen LogP contribution in [0, 0.1) is 0 Å². The minimum atomic E-state index is 0.898. The smallest absolute Gasteiger partial charge is 0.0660 e. The topological polar surface area (TPSA) is 15.3 Å². The van der Waals surface area contributed by atoms with Gasteiger partial charge in [-0.3, -0.25) is 0 Å². The standard InChI is InChI=1S/C13H17ClN2/c14-11-9-12-10(4-3-5-15-12)8-13(11)16-6-1-2-7-16/h8-9,15H,1-7H2. The van der Waals surface area contributed by atoms with E-state index in [1.165, 1.54) is 42.6 Å². The summed E-state index contributed by atoms with van der Waals surface area (Å²) in [5.74, 6) is 0. The first-order valence-corrected chi connectivity index (χ1v) is 6.53. The van der Waals surface area contributed by atoms with Gasteiger partial charge in [-0.15, -0.1) is 0 Å². The number of fused-ring (bicyclic) bond motifs is 1. The fourth-order valence-electron chi connectivity index (χ4n) is 2.68.